The predicted octanol–water partition coefficient (Wildman–Crippen LogP) is 6.74. The summed E-state index contributed by atoms with van der Waals surface area (Å²) >= 11 is 3.69. The number of hydrogen-bond donors (Lipinski definition) is 0. The van der Waals surface area contributed by atoms with Gasteiger partial charge in [-0.3, -0.25) is 0 Å². The Bertz CT molecular complexity index is 612. The lowest BCUT2D eigenvalue weighted by Crippen LogP contribution is -2.02. The Balaban J connectivity index is 1.97. The fourth-order valence-electron chi connectivity index (χ4n) is 2.68. The second kappa shape index (κ2) is 10.6. The average molecular weight is 393 g/mol. The molecule has 132 valence electrons. The molecule has 0 spiro atoms. The van der Waals surface area contributed by atoms with E-state index in [1.165, 1.54) is 19.3 Å². The van der Waals surface area contributed by atoms with Gasteiger partial charge in [-0.1, -0.05) is 60.5 Å². The molecule has 0 heterocycles. The van der Waals surface area contributed by atoms with Gasteiger partial charge in [0.1, 0.15) is 11.5 Å². The molecular weight excluding hydrogens is 364 g/mol. The summed E-state index contributed by atoms with van der Waals surface area (Å²) in [5.41, 5.74) is 0. The lowest BCUT2D eigenvalue weighted by Gasteiger charge is -2.13. The highest BCUT2D eigenvalue weighted by molar-refractivity contribution is 9.09. The third-order valence-corrected chi connectivity index (χ3v) is 5.32. The van der Waals surface area contributed by atoms with Gasteiger partial charge in [0.15, 0.2) is 0 Å². The Labute approximate surface area is 154 Å². The maximum absolute atomic E-state index is 6.04. The number of unbranched alkanes of at least 4 members (excludes halogenated alkanes) is 2. The van der Waals surface area contributed by atoms with E-state index in [0.717, 1.165) is 54.7 Å². The molecule has 0 radical (unpaired) electrons. The van der Waals surface area contributed by atoms with Crippen LogP contribution in [0.25, 0.3) is 10.8 Å². The molecule has 2 aromatic rings. The number of benzene rings is 2. The molecule has 1 atom stereocenters. The third-order valence-electron chi connectivity index (χ3n) is 4.21. The molecule has 24 heavy (non-hydrogen) atoms. The first-order valence-corrected chi connectivity index (χ1v) is 10.1. The van der Waals surface area contributed by atoms with E-state index in [0.29, 0.717) is 4.83 Å². The van der Waals surface area contributed by atoms with E-state index in [1.807, 2.05) is 12.1 Å². The smallest absolute Gasteiger partial charge is 0.127 e. The molecule has 0 N–H and O–H groups in total. The van der Waals surface area contributed by atoms with Crippen LogP contribution in [0.5, 0.6) is 11.5 Å². The van der Waals surface area contributed by atoms with Crippen molar-refractivity contribution in [3.8, 4) is 11.5 Å². The molecule has 0 amide bonds. The minimum absolute atomic E-state index is 0.637. The van der Waals surface area contributed by atoms with E-state index in [1.54, 1.807) is 0 Å². The van der Waals surface area contributed by atoms with Crippen LogP contribution in [-0.2, 0) is 0 Å². The van der Waals surface area contributed by atoms with E-state index >= 15 is 0 Å². The quantitative estimate of drug-likeness (QED) is 0.311. The van der Waals surface area contributed by atoms with E-state index in [-0.39, 0.29) is 0 Å². The monoisotopic (exact) mass is 392 g/mol. The highest BCUT2D eigenvalue weighted by atomic mass is 79.9. The standard InChI is InChI=1S/C21H29BrO2/c1-3-5-15-23-20-13-14-21(19-12-7-6-11-18(19)20)24-16-9-8-10-17(22)4-2/h6-7,11-14,17H,3-5,8-10,15-16H2,1-2H3. The Kier molecular flexibility index (Phi) is 8.44. The van der Waals surface area contributed by atoms with Crippen LogP contribution in [0.2, 0.25) is 0 Å². The van der Waals surface area contributed by atoms with Gasteiger partial charge in [0.05, 0.1) is 13.2 Å². The van der Waals surface area contributed by atoms with Crippen LogP contribution in [0.1, 0.15) is 52.4 Å². The Hall–Kier alpha value is -1.22. The fraction of sp³-hybridized carbons (Fsp3) is 0.524. The molecule has 2 aromatic carbocycles. The normalized spacial score (nSPS) is 12.3. The van der Waals surface area contributed by atoms with E-state index in [4.69, 9.17) is 9.47 Å². The van der Waals surface area contributed by atoms with E-state index < -0.39 is 0 Å². The fourth-order valence-corrected chi connectivity index (χ4v) is 3.00. The van der Waals surface area contributed by atoms with Gasteiger partial charge in [-0.25, -0.2) is 0 Å². The first-order chi connectivity index (χ1) is 11.8. The van der Waals surface area contributed by atoms with Crippen molar-refractivity contribution in [3.63, 3.8) is 0 Å². The Morgan fingerprint density at radius 3 is 1.96 bits per heavy atom. The molecule has 0 saturated heterocycles. The van der Waals surface area contributed by atoms with Crippen LogP contribution in [0.15, 0.2) is 36.4 Å². The van der Waals surface area contributed by atoms with E-state index in [2.05, 4.69) is 54.0 Å². The molecular formula is C21H29BrO2. The maximum Gasteiger partial charge on any atom is 0.127 e. The van der Waals surface area contributed by atoms with Crippen LogP contribution in [0.4, 0.5) is 0 Å². The van der Waals surface area contributed by atoms with Crippen molar-refractivity contribution in [2.45, 2.75) is 57.2 Å². The highest BCUT2D eigenvalue weighted by Gasteiger charge is 2.08. The molecule has 0 saturated carbocycles. The predicted molar refractivity (Wildman–Crippen MR) is 107 cm³/mol. The Morgan fingerprint density at radius 1 is 0.833 bits per heavy atom. The van der Waals surface area contributed by atoms with E-state index in [9.17, 15) is 0 Å². The second-order valence-electron chi connectivity index (χ2n) is 6.16. The second-order valence-corrected chi connectivity index (χ2v) is 7.45. The summed E-state index contributed by atoms with van der Waals surface area (Å²) in [6, 6.07) is 12.4. The molecule has 0 aliphatic heterocycles. The van der Waals surface area contributed by atoms with Crippen LogP contribution in [0, 0.1) is 0 Å². The average Bonchev–Trinajstić information content (AvgIpc) is 2.62. The summed E-state index contributed by atoms with van der Waals surface area (Å²) in [5.74, 6) is 1.91. The zero-order valence-corrected chi connectivity index (χ0v) is 16.5. The summed E-state index contributed by atoms with van der Waals surface area (Å²) in [4.78, 5) is 0.637. The van der Waals surface area contributed by atoms with Crippen molar-refractivity contribution in [2.24, 2.45) is 0 Å². The molecule has 2 rings (SSSR count). The minimum Gasteiger partial charge on any atom is -0.493 e. The molecule has 0 aromatic heterocycles. The Morgan fingerprint density at radius 2 is 1.42 bits per heavy atom. The molecule has 0 bridgehead atoms. The van der Waals surface area contributed by atoms with Crippen molar-refractivity contribution in [1.82, 2.24) is 0 Å². The number of rotatable bonds is 11. The summed E-state index contributed by atoms with van der Waals surface area (Å²) in [6.45, 7) is 5.93. The topological polar surface area (TPSA) is 18.5 Å². The van der Waals surface area contributed by atoms with Gasteiger partial charge in [0, 0.05) is 15.6 Å². The first-order valence-electron chi connectivity index (χ1n) is 9.17. The largest absolute Gasteiger partial charge is 0.493 e. The van der Waals surface area contributed by atoms with Gasteiger partial charge in [0.2, 0.25) is 0 Å². The first kappa shape index (κ1) is 19.1. The molecule has 3 heteroatoms. The van der Waals surface area contributed by atoms with Gasteiger partial charge in [-0.15, -0.1) is 0 Å². The van der Waals surface area contributed by atoms with Gasteiger partial charge < -0.3 is 9.47 Å². The summed E-state index contributed by atoms with van der Waals surface area (Å²) in [6.07, 6.45) is 6.91. The molecule has 0 aliphatic rings. The van der Waals surface area contributed by atoms with Crippen molar-refractivity contribution >= 4 is 26.7 Å². The molecule has 0 fully saturated rings. The summed E-state index contributed by atoms with van der Waals surface area (Å²) in [5, 5.41) is 2.27. The number of ether oxygens (including phenoxy) is 2. The van der Waals surface area contributed by atoms with Crippen molar-refractivity contribution in [1.29, 1.82) is 0 Å². The summed E-state index contributed by atoms with van der Waals surface area (Å²) in [7, 11) is 0. The van der Waals surface area contributed by atoms with Gasteiger partial charge in [0.25, 0.3) is 0 Å². The lowest BCUT2D eigenvalue weighted by atomic mass is 10.1. The van der Waals surface area contributed by atoms with Crippen molar-refractivity contribution in [2.75, 3.05) is 13.2 Å². The van der Waals surface area contributed by atoms with Crippen molar-refractivity contribution in [3.05, 3.63) is 36.4 Å². The zero-order valence-electron chi connectivity index (χ0n) is 14.9. The lowest BCUT2D eigenvalue weighted by molar-refractivity contribution is 0.304. The SMILES string of the molecule is CCCCOc1ccc(OCCCCC(Br)CC)c2ccccc12. The third kappa shape index (κ3) is 5.70. The van der Waals surface area contributed by atoms with Gasteiger partial charge in [-0.05, 0) is 44.2 Å². The number of halogens is 1. The maximum atomic E-state index is 6.04. The highest BCUT2D eigenvalue weighted by Crippen LogP contribution is 2.33. The van der Waals surface area contributed by atoms with Crippen LogP contribution < -0.4 is 9.47 Å². The van der Waals surface area contributed by atoms with Crippen LogP contribution >= 0.6 is 15.9 Å². The zero-order chi connectivity index (χ0) is 17.2. The number of fused-ring (bicyclic) bond motifs is 1. The summed E-state index contributed by atoms with van der Waals surface area (Å²) < 4.78 is 12.0. The van der Waals surface area contributed by atoms with Crippen LogP contribution in [-0.4, -0.2) is 18.0 Å². The number of hydrogen-bond acceptors (Lipinski definition) is 2. The molecule has 1 unspecified atom stereocenters. The van der Waals surface area contributed by atoms with Gasteiger partial charge >= 0.3 is 0 Å². The minimum atomic E-state index is 0.637. The van der Waals surface area contributed by atoms with Crippen molar-refractivity contribution < 1.29 is 9.47 Å². The number of alkyl halides is 1. The van der Waals surface area contributed by atoms with Gasteiger partial charge in [-0.2, -0.15) is 0 Å². The van der Waals surface area contributed by atoms with Crippen LogP contribution in [0.3, 0.4) is 0 Å². The molecule has 0 aliphatic carbocycles. The molecule has 2 nitrogen and oxygen atoms in total.